The molecule has 3 nitrogen and oxygen atoms in total. The topological polar surface area (TPSA) is 46.5 Å². The van der Waals surface area contributed by atoms with Gasteiger partial charge in [-0.2, -0.15) is 0 Å². The lowest BCUT2D eigenvalue weighted by atomic mass is 9.62. The SMILES string of the molecule is CC(=O)Oc1c(C)c2c3c(c1O)[C@@H](C)CC[C@@H]3[C@@H](C)C[C@@H]2C=C(C)C. The number of allylic oxidation sites excluding steroid dienone is 2. The summed E-state index contributed by atoms with van der Waals surface area (Å²) in [4.78, 5) is 11.6. The maximum absolute atomic E-state index is 11.6. The van der Waals surface area contributed by atoms with Crippen molar-refractivity contribution < 1.29 is 14.6 Å². The number of phenols is 1. The number of carbonyl (C=O) groups is 1. The molecule has 0 saturated heterocycles. The molecule has 0 aromatic heterocycles. The number of phenolic OH excluding ortho intramolecular Hbond substituents is 1. The summed E-state index contributed by atoms with van der Waals surface area (Å²) in [5.74, 6) is 1.89. The molecule has 1 N–H and O–H groups in total. The van der Waals surface area contributed by atoms with Crippen LogP contribution in [0.4, 0.5) is 0 Å². The molecule has 0 unspecified atom stereocenters. The normalized spacial score (nSPS) is 27.4. The summed E-state index contributed by atoms with van der Waals surface area (Å²) in [6, 6.07) is 0. The average molecular weight is 342 g/mol. The maximum Gasteiger partial charge on any atom is 0.308 e. The second-order valence-electron chi connectivity index (χ2n) is 8.29. The van der Waals surface area contributed by atoms with Crippen LogP contribution in [0.15, 0.2) is 11.6 Å². The van der Waals surface area contributed by atoms with Crippen LogP contribution in [0.5, 0.6) is 11.5 Å². The largest absolute Gasteiger partial charge is 0.504 e. The van der Waals surface area contributed by atoms with E-state index in [0.29, 0.717) is 23.5 Å². The van der Waals surface area contributed by atoms with E-state index in [1.165, 1.54) is 30.0 Å². The highest BCUT2D eigenvalue weighted by atomic mass is 16.5. The van der Waals surface area contributed by atoms with Crippen molar-refractivity contribution in [2.75, 3.05) is 0 Å². The van der Waals surface area contributed by atoms with E-state index >= 15 is 0 Å². The number of hydrogen-bond donors (Lipinski definition) is 1. The van der Waals surface area contributed by atoms with Crippen LogP contribution in [-0.4, -0.2) is 11.1 Å². The van der Waals surface area contributed by atoms with E-state index in [9.17, 15) is 9.90 Å². The molecule has 0 fully saturated rings. The van der Waals surface area contributed by atoms with Crippen molar-refractivity contribution in [3.05, 3.63) is 33.9 Å². The third-order valence-electron chi connectivity index (χ3n) is 6.03. The van der Waals surface area contributed by atoms with Gasteiger partial charge in [0.05, 0.1) is 0 Å². The first kappa shape index (κ1) is 18.0. The lowest BCUT2D eigenvalue weighted by Gasteiger charge is -2.43. The quantitative estimate of drug-likeness (QED) is 0.426. The van der Waals surface area contributed by atoms with Crippen LogP contribution in [-0.2, 0) is 4.79 Å². The minimum Gasteiger partial charge on any atom is -0.504 e. The Hall–Kier alpha value is -1.77. The van der Waals surface area contributed by atoms with Gasteiger partial charge in [0.1, 0.15) is 0 Å². The zero-order chi connectivity index (χ0) is 18.5. The first-order valence-electron chi connectivity index (χ1n) is 9.45. The van der Waals surface area contributed by atoms with Gasteiger partial charge in [0.2, 0.25) is 0 Å². The molecule has 0 aliphatic heterocycles. The van der Waals surface area contributed by atoms with Crippen molar-refractivity contribution in [2.45, 2.75) is 78.6 Å². The monoisotopic (exact) mass is 342 g/mol. The fourth-order valence-corrected chi connectivity index (χ4v) is 5.07. The Bertz CT molecular complexity index is 740. The van der Waals surface area contributed by atoms with Gasteiger partial charge in [0.25, 0.3) is 0 Å². The summed E-state index contributed by atoms with van der Waals surface area (Å²) in [5.41, 5.74) is 5.88. The van der Waals surface area contributed by atoms with Gasteiger partial charge < -0.3 is 9.84 Å². The Morgan fingerprint density at radius 1 is 1.12 bits per heavy atom. The number of benzene rings is 1. The number of ether oxygens (including phenoxy) is 1. The molecule has 25 heavy (non-hydrogen) atoms. The van der Waals surface area contributed by atoms with Crippen LogP contribution in [0, 0.1) is 12.8 Å². The zero-order valence-corrected chi connectivity index (χ0v) is 16.3. The highest BCUT2D eigenvalue weighted by Gasteiger charge is 2.41. The molecule has 0 heterocycles. The Labute approximate surface area is 151 Å². The smallest absolute Gasteiger partial charge is 0.308 e. The predicted molar refractivity (Wildman–Crippen MR) is 100 cm³/mol. The van der Waals surface area contributed by atoms with Crippen molar-refractivity contribution >= 4 is 5.97 Å². The number of aromatic hydroxyl groups is 1. The zero-order valence-electron chi connectivity index (χ0n) is 16.3. The van der Waals surface area contributed by atoms with E-state index in [1.807, 2.05) is 6.92 Å². The van der Waals surface area contributed by atoms with Gasteiger partial charge in [-0.15, -0.1) is 0 Å². The van der Waals surface area contributed by atoms with Gasteiger partial charge in [0.15, 0.2) is 11.5 Å². The van der Waals surface area contributed by atoms with Crippen molar-refractivity contribution in [3.8, 4) is 11.5 Å². The average Bonchev–Trinajstić information content (AvgIpc) is 2.49. The van der Waals surface area contributed by atoms with Crippen LogP contribution in [0.2, 0.25) is 0 Å². The first-order valence-corrected chi connectivity index (χ1v) is 9.45. The van der Waals surface area contributed by atoms with Gasteiger partial charge in [-0.25, -0.2) is 0 Å². The third kappa shape index (κ3) is 2.98. The van der Waals surface area contributed by atoms with Crippen molar-refractivity contribution in [1.82, 2.24) is 0 Å². The van der Waals surface area contributed by atoms with Crippen molar-refractivity contribution in [2.24, 2.45) is 5.92 Å². The third-order valence-corrected chi connectivity index (χ3v) is 6.03. The lowest BCUT2D eigenvalue weighted by molar-refractivity contribution is -0.132. The molecule has 1 aromatic rings. The molecule has 2 aliphatic rings. The summed E-state index contributed by atoms with van der Waals surface area (Å²) in [6.07, 6.45) is 5.70. The standard InChI is InChI=1S/C22H30O3/c1-11(2)9-16-10-13(4)17-8-7-12(3)18-20(17)19(16)14(5)22(21(18)24)25-15(6)23/h9,12-13,16-17,24H,7-8,10H2,1-6H3/t12-,13-,16-,17+/m0/s1. The number of rotatable bonds is 2. The van der Waals surface area contributed by atoms with Crippen molar-refractivity contribution in [1.29, 1.82) is 0 Å². The summed E-state index contributed by atoms with van der Waals surface area (Å²) < 4.78 is 5.46. The highest BCUT2D eigenvalue weighted by molar-refractivity contribution is 5.74. The Kier molecular flexibility index (Phi) is 4.70. The van der Waals surface area contributed by atoms with Crippen LogP contribution in [0.1, 0.15) is 93.9 Å². The molecule has 0 saturated carbocycles. The molecular formula is C22H30O3. The van der Waals surface area contributed by atoms with Crippen molar-refractivity contribution in [3.63, 3.8) is 0 Å². The molecule has 2 aliphatic carbocycles. The molecular weight excluding hydrogens is 312 g/mol. The molecule has 0 amide bonds. The van der Waals surface area contributed by atoms with E-state index in [4.69, 9.17) is 4.74 Å². The molecule has 136 valence electrons. The molecule has 1 aromatic carbocycles. The number of hydrogen-bond acceptors (Lipinski definition) is 3. The summed E-state index contributed by atoms with van der Waals surface area (Å²) >= 11 is 0. The summed E-state index contributed by atoms with van der Waals surface area (Å²) in [5, 5.41) is 11.0. The second-order valence-corrected chi connectivity index (χ2v) is 8.29. The minimum atomic E-state index is -0.381. The van der Waals surface area contributed by atoms with E-state index in [0.717, 1.165) is 24.0 Å². The number of carbonyl (C=O) groups excluding carboxylic acids is 1. The lowest BCUT2D eigenvalue weighted by Crippen LogP contribution is -2.28. The molecule has 0 radical (unpaired) electrons. The van der Waals surface area contributed by atoms with Gasteiger partial charge in [0, 0.05) is 18.4 Å². The van der Waals surface area contributed by atoms with Crippen LogP contribution < -0.4 is 4.74 Å². The fourth-order valence-electron chi connectivity index (χ4n) is 5.07. The van der Waals surface area contributed by atoms with E-state index in [2.05, 4.69) is 33.8 Å². The van der Waals surface area contributed by atoms with Gasteiger partial charge >= 0.3 is 5.97 Å². The number of esters is 1. The maximum atomic E-state index is 11.6. The van der Waals surface area contributed by atoms with Crippen LogP contribution >= 0.6 is 0 Å². The summed E-state index contributed by atoms with van der Waals surface area (Å²) in [6.45, 7) is 12.2. The molecule has 3 rings (SSSR count). The van der Waals surface area contributed by atoms with Gasteiger partial charge in [-0.05, 0) is 74.5 Å². The van der Waals surface area contributed by atoms with Gasteiger partial charge in [-0.1, -0.05) is 25.5 Å². The highest BCUT2D eigenvalue weighted by Crippen LogP contribution is 2.57. The molecule has 0 spiro atoms. The summed E-state index contributed by atoms with van der Waals surface area (Å²) in [7, 11) is 0. The molecule has 3 heteroatoms. The second kappa shape index (κ2) is 6.51. The Morgan fingerprint density at radius 3 is 2.40 bits per heavy atom. The first-order chi connectivity index (χ1) is 11.7. The predicted octanol–water partition coefficient (Wildman–Crippen LogP) is 5.70. The molecule has 0 bridgehead atoms. The van der Waals surface area contributed by atoms with Gasteiger partial charge in [-0.3, -0.25) is 4.79 Å². The van der Waals surface area contributed by atoms with Crippen LogP contribution in [0.25, 0.3) is 0 Å². The Morgan fingerprint density at radius 2 is 1.80 bits per heavy atom. The fraction of sp³-hybridized carbons (Fsp3) is 0.591. The molecule has 4 atom stereocenters. The van der Waals surface area contributed by atoms with E-state index in [-0.39, 0.29) is 17.6 Å². The van der Waals surface area contributed by atoms with E-state index in [1.54, 1.807) is 0 Å². The Balaban J connectivity index is 2.34. The van der Waals surface area contributed by atoms with E-state index < -0.39 is 0 Å². The minimum absolute atomic E-state index is 0.189. The van der Waals surface area contributed by atoms with Crippen LogP contribution in [0.3, 0.4) is 0 Å².